The second-order valence-corrected chi connectivity index (χ2v) is 6.96. The number of amides is 2. The Labute approximate surface area is 133 Å². The van der Waals surface area contributed by atoms with E-state index in [1.807, 2.05) is 0 Å². The van der Waals surface area contributed by atoms with Crippen LogP contribution in [0.1, 0.15) is 31.2 Å². The van der Waals surface area contributed by atoms with Gasteiger partial charge >= 0.3 is 0 Å². The zero-order chi connectivity index (χ0) is 16.1. The van der Waals surface area contributed by atoms with Crippen molar-refractivity contribution in [2.45, 2.75) is 38.1 Å². The molecule has 4 N–H and O–H groups in total. The first-order valence-corrected chi connectivity index (χ1v) is 8.21. The Morgan fingerprint density at radius 2 is 2.04 bits per heavy atom. The Balaban J connectivity index is 1.56. The largest absolute Gasteiger partial charge is 0.327 e. The maximum absolute atomic E-state index is 14.2. The molecule has 1 aromatic rings. The van der Waals surface area contributed by atoms with Gasteiger partial charge in [-0.2, -0.15) is 0 Å². The maximum atomic E-state index is 14.2. The number of halogens is 1. The zero-order valence-electron chi connectivity index (χ0n) is 12.8. The minimum atomic E-state index is -0.468. The molecule has 5 nitrogen and oxygen atoms in total. The van der Waals surface area contributed by atoms with Gasteiger partial charge in [0.25, 0.3) is 0 Å². The lowest BCUT2D eigenvalue weighted by molar-refractivity contribution is -0.121. The molecule has 4 rings (SSSR count). The predicted octanol–water partition coefficient (Wildman–Crippen LogP) is 2.02. The summed E-state index contributed by atoms with van der Waals surface area (Å²) in [4.78, 5) is 24.0. The van der Waals surface area contributed by atoms with Crippen molar-refractivity contribution in [1.29, 1.82) is 0 Å². The molecule has 2 amide bonds. The predicted molar refractivity (Wildman–Crippen MR) is 84.3 cm³/mol. The summed E-state index contributed by atoms with van der Waals surface area (Å²) in [5, 5.41) is 5.41. The molecule has 2 aliphatic carbocycles. The lowest BCUT2D eigenvalue weighted by Crippen LogP contribution is -2.42. The number of rotatable bonds is 2. The fourth-order valence-electron chi connectivity index (χ4n) is 4.44. The van der Waals surface area contributed by atoms with Gasteiger partial charge < -0.3 is 16.4 Å². The van der Waals surface area contributed by atoms with Crippen LogP contribution in [0.5, 0.6) is 0 Å². The summed E-state index contributed by atoms with van der Waals surface area (Å²) in [5.74, 6) is -0.259. The van der Waals surface area contributed by atoms with E-state index in [0.717, 1.165) is 24.8 Å². The quantitative estimate of drug-likeness (QED) is 0.780. The van der Waals surface area contributed by atoms with Gasteiger partial charge in [0.2, 0.25) is 11.8 Å². The number of carbonyl (C=O) groups is 2. The van der Waals surface area contributed by atoms with Crippen molar-refractivity contribution in [3.05, 3.63) is 23.5 Å². The van der Waals surface area contributed by atoms with Crippen molar-refractivity contribution >= 4 is 23.2 Å². The van der Waals surface area contributed by atoms with Crippen LogP contribution in [0, 0.1) is 23.6 Å². The highest BCUT2D eigenvalue weighted by Crippen LogP contribution is 2.48. The van der Waals surface area contributed by atoms with Gasteiger partial charge in [-0.25, -0.2) is 4.39 Å². The smallest absolute Gasteiger partial charge is 0.229 e. The lowest BCUT2D eigenvalue weighted by atomic mass is 9.84. The molecule has 0 saturated heterocycles. The fourth-order valence-corrected chi connectivity index (χ4v) is 4.44. The minimum Gasteiger partial charge on any atom is -0.327 e. The van der Waals surface area contributed by atoms with E-state index in [4.69, 9.17) is 5.73 Å². The second-order valence-electron chi connectivity index (χ2n) is 6.96. The van der Waals surface area contributed by atoms with E-state index in [1.165, 1.54) is 12.1 Å². The van der Waals surface area contributed by atoms with Gasteiger partial charge in [-0.05, 0) is 55.2 Å². The minimum absolute atomic E-state index is 0.0866. The van der Waals surface area contributed by atoms with Gasteiger partial charge in [0, 0.05) is 18.2 Å². The van der Waals surface area contributed by atoms with Gasteiger partial charge in [0.15, 0.2) is 0 Å². The van der Waals surface area contributed by atoms with Gasteiger partial charge in [-0.3, -0.25) is 9.59 Å². The first kappa shape index (κ1) is 14.6. The highest BCUT2D eigenvalue weighted by molar-refractivity contribution is 5.97. The number of hydrogen-bond donors (Lipinski definition) is 3. The van der Waals surface area contributed by atoms with E-state index < -0.39 is 5.82 Å². The molecule has 0 aromatic heterocycles. The van der Waals surface area contributed by atoms with Crippen molar-refractivity contribution in [1.82, 2.24) is 0 Å². The summed E-state index contributed by atoms with van der Waals surface area (Å²) in [6.45, 7) is 0. The molecule has 2 bridgehead atoms. The van der Waals surface area contributed by atoms with Crippen LogP contribution in [0.25, 0.3) is 0 Å². The molecule has 2 fully saturated rings. The van der Waals surface area contributed by atoms with Crippen LogP contribution in [-0.2, 0) is 16.0 Å². The summed E-state index contributed by atoms with van der Waals surface area (Å²) in [6.07, 6.45) is 4.00. The maximum Gasteiger partial charge on any atom is 0.229 e. The Morgan fingerprint density at radius 3 is 2.78 bits per heavy atom. The fraction of sp³-hybridized carbons (Fsp3) is 0.529. The van der Waals surface area contributed by atoms with Crippen molar-refractivity contribution in [3.63, 3.8) is 0 Å². The van der Waals surface area contributed by atoms with E-state index >= 15 is 0 Å². The average molecular weight is 317 g/mol. The molecule has 1 heterocycles. The molecule has 23 heavy (non-hydrogen) atoms. The van der Waals surface area contributed by atoms with E-state index in [9.17, 15) is 14.0 Å². The van der Waals surface area contributed by atoms with E-state index in [2.05, 4.69) is 10.6 Å². The number of hydrogen-bond acceptors (Lipinski definition) is 3. The normalized spacial score (nSPS) is 31.7. The average Bonchev–Trinajstić information content (AvgIpc) is 3.09. The van der Waals surface area contributed by atoms with Crippen LogP contribution in [0.3, 0.4) is 0 Å². The van der Waals surface area contributed by atoms with Gasteiger partial charge in [0.05, 0.1) is 11.6 Å². The molecule has 0 radical (unpaired) electrons. The third-order valence-corrected chi connectivity index (χ3v) is 5.63. The molecule has 1 aliphatic heterocycles. The Hall–Kier alpha value is -1.95. The lowest BCUT2D eigenvalue weighted by Gasteiger charge is -2.27. The first-order valence-electron chi connectivity index (χ1n) is 8.21. The van der Waals surface area contributed by atoms with Crippen LogP contribution in [0.4, 0.5) is 15.8 Å². The number of anilines is 2. The van der Waals surface area contributed by atoms with Gasteiger partial charge in [-0.15, -0.1) is 0 Å². The molecule has 3 aliphatic rings. The Kier molecular flexibility index (Phi) is 3.37. The van der Waals surface area contributed by atoms with Gasteiger partial charge in [0.1, 0.15) is 5.82 Å². The highest BCUT2D eigenvalue weighted by Gasteiger charge is 2.49. The number of nitrogens with one attached hydrogen (secondary N) is 2. The third-order valence-electron chi connectivity index (χ3n) is 5.63. The third kappa shape index (κ3) is 2.41. The molecule has 4 unspecified atom stereocenters. The van der Waals surface area contributed by atoms with Crippen LogP contribution >= 0.6 is 0 Å². The molecule has 4 atom stereocenters. The van der Waals surface area contributed by atoms with E-state index in [1.54, 1.807) is 0 Å². The van der Waals surface area contributed by atoms with Crippen molar-refractivity contribution in [3.8, 4) is 0 Å². The summed E-state index contributed by atoms with van der Waals surface area (Å²) in [7, 11) is 0. The molecule has 0 spiro atoms. The zero-order valence-corrected chi connectivity index (χ0v) is 12.8. The van der Waals surface area contributed by atoms with Crippen LogP contribution < -0.4 is 16.4 Å². The Bertz CT molecular complexity index is 689. The van der Waals surface area contributed by atoms with Crippen molar-refractivity contribution in [2.75, 3.05) is 10.6 Å². The monoisotopic (exact) mass is 317 g/mol. The van der Waals surface area contributed by atoms with E-state index in [0.29, 0.717) is 30.4 Å². The molecule has 6 heteroatoms. The molecular weight excluding hydrogens is 297 g/mol. The molecule has 122 valence electrons. The highest BCUT2D eigenvalue weighted by atomic mass is 19.1. The number of carbonyl (C=O) groups excluding carboxylic acids is 2. The van der Waals surface area contributed by atoms with Crippen molar-refractivity contribution in [2.24, 2.45) is 23.5 Å². The second kappa shape index (κ2) is 5.30. The number of benzene rings is 1. The summed E-state index contributed by atoms with van der Waals surface area (Å²) < 4.78 is 14.2. The molecule has 2 saturated carbocycles. The van der Waals surface area contributed by atoms with Crippen LogP contribution in [-0.4, -0.2) is 17.9 Å². The van der Waals surface area contributed by atoms with Crippen LogP contribution in [0.15, 0.2) is 12.1 Å². The number of nitrogens with two attached hydrogens (primary N) is 1. The van der Waals surface area contributed by atoms with Gasteiger partial charge in [-0.1, -0.05) is 0 Å². The molecule has 1 aromatic carbocycles. The summed E-state index contributed by atoms with van der Waals surface area (Å²) >= 11 is 0. The number of fused-ring (bicyclic) bond motifs is 3. The summed E-state index contributed by atoms with van der Waals surface area (Å²) in [5.41, 5.74) is 7.63. The topological polar surface area (TPSA) is 84.2 Å². The Morgan fingerprint density at radius 1 is 1.26 bits per heavy atom. The molecular formula is C17H20FN3O2. The first-order chi connectivity index (χ1) is 11.0. The van der Waals surface area contributed by atoms with E-state index in [-0.39, 0.29) is 29.5 Å². The van der Waals surface area contributed by atoms with Crippen molar-refractivity contribution < 1.29 is 14.0 Å². The SMILES string of the molecule is NC1C2CCC(C2)C1C(=O)Nc1cc2c(cc1F)CCC(=O)N2. The summed E-state index contributed by atoms with van der Waals surface area (Å²) in [6, 6.07) is 2.78. The number of aryl methyl sites for hydroxylation is 1. The van der Waals surface area contributed by atoms with Crippen LogP contribution in [0.2, 0.25) is 0 Å². The standard InChI is InChI=1S/C17H20FN3O2/c18-11-6-8-3-4-14(22)20-12(8)7-13(11)21-17(23)15-9-1-2-10(5-9)16(15)19/h6-7,9-10,15-16H,1-5,19H2,(H,20,22)(H,21,23).